The van der Waals surface area contributed by atoms with E-state index in [1.165, 1.54) is 6.07 Å². The summed E-state index contributed by atoms with van der Waals surface area (Å²) in [6.07, 6.45) is -0.966. The van der Waals surface area contributed by atoms with E-state index >= 15 is 0 Å². The van der Waals surface area contributed by atoms with E-state index in [2.05, 4.69) is 8.91 Å². The summed E-state index contributed by atoms with van der Waals surface area (Å²) in [4.78, 5) is 0. The predicted molar refractivity (Wildman–Crippen MR) is 77.5 cm³/mol. The summed E-state index contributed by atoms with van der Waals surface area (Å²) in [6, 6.07) is 6.04. The molecule has 0 radical (unpaired) electrons. The van der Waals surface area contributed by atoms with E-state index in [1.54, 1.807) is 18.2 Å². The first-order chi connectivity index (χ1) is 10.4. The Morgan fingerprint density at radius 2 is 1.91 bits per heavy atom. The molecule has 124 valence electrons. The van der Waals surface area contributed by atoms with E-state index in [4.69, 9.17) is 9.47 Å². The zero-order chi connectivity index (χ0) is 16.4. The Hall–Kier alpha value is -1.06. The van der Waals surface area contributed by atoms with Crippen molar-refractivity contribution in [2.75, 3.05) is 7.11 Å². The fraction of sp³-hybridized carbons (Fsp3) is 0.571. The minimum Gasteiger partial charge on any atom is -0.338 e. The second-order valence-corrected chi connectivity index (χ2v) is 6.43. The highest BCUT2D eigenvalue weighted by molar-refractivity contribution is 7.84. The summed E-state index contributed by atoms with van der Waals surface area (Å²) in [5.74, 6) is -1.45. The molecule has 2 unspecified atom stereocenters. The largest absolute Gasteiger partial charge is 0.338 e. The molecule has 0 aliphatic carbocycles. The van der Waals surface area contributed by atoms with Gasteiger partial charge in [-0.1, -0.05) is 32.0 Å². The molecular formula is C14H20FNO5S. The van der Waals surface area contributed by atoms with Gasteiger partial charge in [-0.15, -0.1) is 0 Å². The summed E-state index contributed by atoms with van der Waals surface area (Å²) >= 11 is 0. The maximum atomic E-state index is 14.0. The van der Waals surface area contributed by atoms with Crippen molar-refractivity contribution in [2.45, 2.75) is 44.8 Å². The Morgan fingerprint density at radius 3 is 2.45 bits per heavy atom. The van der Waals surface area contributed by atoms with Gasteiger partial charge in [-0.2, -0.15) is 13.1 Å². The Bertz CT molecular complexity index is 617. The molecular weight excluding hydrogens is 313 g/mol. The number of halogens is 1. The standard InChI is InChI=1S/C14H20FNO5S/c1-4-14(5-2)20-12(10-8-6-7-9-11(10)15)13(21-14)16-22(17,18)19-3/h6-9,12-13,16H,4-5H2,1-3H3. The first-order valence-electron chi connectivity index (χ1n) is 7.04. The average molecular weight is 333 g/mol. The number of hydrogen-bond acceptors (Lipinski definition) is 5. The van der Waals surface area contributed by atoms with Crippen molar-refractivity contribution in [2.24, 2.45) is 0 Å². The van der Waals surface area contributed by atoms with Crippen LogP contribution in [-0.2, 0) is 24.0 Å². The molecule has 2 rings (SSSR count). The monoisotopic (exact) mass is 333 g/mol. The first kappa shape index (κ1) is 17.3. The molecule has 1 aromatic rings. The zero-order valence-corrected chi connectivity index (χ0v) is 13.5. The Balaban J connectivity index is 2.37. The summed E-state index contributed by atoms with van der Waals surface area (Å²) in [5.41, 5.74) is 0.232. The van der Waals surface area contributed by atoms with Crippen LogP contribution in [0.5, 0.6) is 0 Å². The van der Waals surface area contributed by atoms with E-state index in [0.717, 1.165) is 7.11 Å². The lowest BCUT2D eigenvalue weighted by Gasteiger charge is -2.24. The Morgan fingerprint density at radius 1 is 1.27 bits per heavy atom. The predicted octanol–water partition coefficient (Wildman–Crippen LogP) is 2.24. The Labute approximate surface area is 129 Å². The molecule has 6 nitrogen and oxygen atoms in total. The van der Waals surface area contributed by atoms with Gasteiger partial charge < -0.3 is 9.47 Å². The summed E-state index contributed by atoms with van der Waals surface area (Å²) in [7, 11) is -2.97. The average Bonchev–Trinajstić information content (AvgIpc) is 2.86. The van der Waals surface area contributed by atoms with Gasteiger partial charge in [0.05, 0.1) is 7.11 Å². The molecule has 1 aromatic carbocycles. The van der Waals surface area contributed by atoms with Crippen molar-refractivity contribution in [3.63, 3.8) is 0 Å². The second-order valence-electron chi connectivity index (χ2n) is 4.95. The molecule has 0 amide bonds. The molecule has 0 aromatic heterocycles. The van der Waals surface area contributed by atoms with Crippen molar-refractivity contribution < 1.29 is 26.5 Å². The zero-order valence-electron chi connectivity index (χ0n) is 12.7. The van der Waals surface area contributed by atoms with Crippen LogP contribution in [0.2, 0.25) is 0 Å². The van der Waals surface area contributed by atoms with Gasteiger partial charge in [0, 0.05) is 5.56 Å². The molecule has 1 aliphatic rings. The summed E-state index contributed by atoms with van der Waals surface area (Å²) < 4.78 is 55.6. The molecule has 0 bridgehead atoms. The van der Waals surface area contributed by atoms with E-state index in [-0.39, 0.29) is 5.56 Å². The van der Waals surface area contributed by atoms with Crippen molar-refractivity contribution in [3.8, 4) is 0 Å². The fourth-order valence-electron chi connectivity index (χ4n) is 2.41. The molecule has 1 heterocycles. The van der Waals surface area contributed by atoms with Crippen LogP contribution >= 0.6 is 0 Å². The highest BCUT2D eigenvalue weighted by atomic mass is 32.2. The lowest BCUT2D eigenvalue weighted by Crippen LogP contribution is -2.40. The third-order valence-electron chi connectivity index (χ3n) is 3.73. The second kappa shape index (κ2) is 6.59. The molecule has 1 saturated heterocycles. The van der Waals surface area contributed by atoms with Gasteiger partial charge in [0.1, 0.15) is 11.9 Å². The van der Waals surface area contributed by atoms with Crippen LogP contribution in [-0.4, -0.2) is 27.5 Å². The number of hydrogen-bond donors (Lipinski definition) is 1. The third-order valence-corrected chi connectivity index (χ3v) is 4.69. The van der Waals surface area contributed by atoms with Crippen LogP contribution in [0, 0.1) is 5.82 Å². The lowest BCUT2D eigenvalue weighted by atomic mass is 10.1. The normalized spacial score (nSPS) is 24.5. The van der Waals surface area contributed by atoms with Gasteiger partial charge >= 0.3 is 10.3 Å². The maximum Gasteiger partial charge on any atom is 0.337 e. The van der Waals surface area contributed by atoms with Gasteiger partial charge in [0.25, 0.3) is 0 Å². The van der Waals surface area contributed by atoms with E-state index in [1.807, 2.05) is 13.8 Å². The van der Waals surface area contributed by atoms with Crippen molar-refractivity contribution >= 4 is 10.3 Å². The maximum absolute atomic E-state index is 14.0. The number of ether oxygens (including phenoxy) is 2. The van der Waals surface area contributed by atoms with E-state index in [0.29, 0.717) is 12.8 Å². The van der Waals surface area contributed by atoms with E-state index < -0.39 is 34.2 Å². The van der Waals surface area contributed by atoms with Gasteiger partial charge in [0.15, 0.2) is 12.0 Å². The SMILES string of the molecule is CCC1(CC)OC(NS(=O)(=O)OC)C(c2ccccc2F)O1. The highest BCUT2D eigenvalue weighted by Gasteiger charge is 2.48. The van der Waals surface area contributed by atoms with Crippen LogP contribution in [0.3, 0.4) is 0 Å². The van der Waals surface area contributed by atoms with Crippen molar-refractivity contribution in [3.05, 3.63) is 35.6 Å². The minimum absolute atomic E-state index is 0.232. The van der Waals surface area contributed by atoms with Crippen molar-refractivity contribution in [1.29, 1.82) is 0 Å². The molecule has 8 heteroatoms. The quantitative estimate of drug-likeness (QED) is 0.864. The highest BCUT2D eigenvalue weighted by Crippen LogP contribution is 2.42. The smallest absolute Gasteiger partial charge is 0.337 e. The molecule has 22 heavy (non-hydrogen) atoms. The molecule has 1 aliphatic heterocycles. The lowest BCUT2D eigenvalue weighted by molar-refractivity contribution is -0.180. The summed E-state index contributed by atoms with van der Waals surface area (Å²) in [5, 5.41) is 0. The minimum atomic E-state index is -4.00. The van der Waals surface area contributed by atoms with Crippen molar-refractivity contribution in [1.82, 2.24) is 4.72 Å². The molecule has 1 N–H and O–H groups in total. The number of nitrogens with one attached hydrogen (secondary N) is 1. The van der Waals surface area contributed by atoms with Gasteiger partial charge in [-0.05, 0) is 18.9 Å². The molecule has 1 fully saturated rings. The first-order valence-corrected chi connectivity index (χ1v) is 8.45. The van der Waals surface area contributed by atoms with Crippen LogP contribution < -0.4 is 4.72 Å². The van der Waals surface area contributed by atoms with Crippen LogP contribution in [0.25, 0.3) is 0 Å². The van der Waals surface area contributed by atoms with Gasteiger partial charge in [0.2, 0.25) is 0 Å². The Kier molecular flexibility index (Phi) is 5.18. The third kappa shape index (κ3) is 3.47. The van der Waals surface area contributed by atoms with E-state index in [9.17, 15) is 12.8 Å². The van der Waals surface area contributed by atoms with Crippen LogP contribution in [0.1, 0.15) is 38.4 Å². The number of benzene rings is 1. The fourth-order valence-corrected chi connectivity index (χ4v) is 2.96. The topological polar surface area (TPSA) is 73.9 Å². The number of rotatable bonds is 6. The van der Waals surface area contributed by atoms with Crippen LogP contribution in [0.4, 0.5) is 4.39 Å². The van der Waals surface area contributed by atoms with Crippen LogP contribution in [0.15, 0.2) is 24.3 Å². The van der Waals surface area contributed by atoms with Gasteiger partial charge in [-0.25, -0.2) is 4.39 Å². The molecule has 0 spiro atoms. The summed E-state index contributed by atoms with van der Waals surface area (Å²) in [6.45, 7) is 3.71. The molecule has 2 atom stereocenters. The van der Waals surface area contributed by atoms with Gasteiger partial charge in [-0.3, -0.25) is 4.18 Å². The molecule has 0 saturated carbocycles.